The number of carbonyl (C=O) groups is 3. The number of carbonyl (C=O) groups excluding carboxylic acids is 3. The minimum absolute atomic E-state index is 0.0396. The first kappa shape index (κ1) is 17.3. The minimum Gasteiger partial charge on any atom is -0.422 e. The van der Waals surface area contributed by atoms with Gasteiger partial charge in [0.1, 0.15) is 11.4 Å². The van der Waals surface area contributed by atoms with Crippen LogP contribution in [0.25, 0.3) is 0 Å². The van der Waals surface area contributed by atoms with E-state index in [2.05, 4.69) is 4.98 Å². The molecule has 2 N–H and O–H groups in total. The number of primary amides is 1. The number of hydrogen-bond donors (Lipinski definition) is 1. The molecule has 1 aromatic heterocycles. The standard InChI is InChI=1S/C18H18N2O4/c1-9-7-15(20-8-14(9)17(19)22)18(23)24-13-5-10(2)16(12(4)21)11(3)6-13/h5-8H,1-4H3,(H2,19,22). The summed E-state index contributed by atoms with van der Waals surface area (Å²) in [6.07, 6.45) is 1.25. The number of esters is 1. The van der Waals surface area contributed by atoms with Gasteiger partial charge in [-0.05, 0) is 62.6 Å². The molecule has 24 heavy (non-hydrogen) atoms. The maximum atomic E-state index is 12.2. The summed E-state index contributed by atoms with van der Waals surface area (Å²) in [4.78, 5) is 38.9. The molecule has 0 radical (unpaired) electrons. The Bertz CT molecular complexity index is 833. The van der Waals surface area contributed by atoms with Crippen molar-refractivity contribution in [3.8, 4) is 5.75 Å². The molecule has 6 heteroatoms. The summed E-state index contributed by atoms with van der Waals surface area (Å²) in [7, 11) is 0. The van der Waals surface area contributed by atoms with E-state index in [1.165, 1.54) is 19.2 Å². The molecule has 0 aliphatic rings. The smallest absolute Gasteiger partial charge is 0.362 e. The lowest BCUT2D eigenvalue weighted by Crippen LogP contribution is -2.16. The van der Waals surface area contributed by atoms with Crippen LogP contribution in [0.4, 0.5) is 0 Å². The molecule has 1 aromatic carbocycles. The van der Waals surface area contributed by atoms with E-state index < -0.39 is 11.9 Å². The van der Waals surface area contributed by atoms with E-state index in [1.54, 1.807) is 32.9 Å². The molecule has 0 unspecified atom stereocenters. The van der Waals surface area contributed by atoms with E-state index in [-0.39, 0.29) is 17.0 Å². The van der Waals surface area contributed by atoms with E-state index in [0.717, 1.165) is 11.1 Å². The molecule has 2 rings (SSSR count). The molecule has 0 fully saturated rings. The third-order valence-electron chi connectivity index (χ3n) is 3.65. The van der Waals surface area contributed by atoms with Gasteiger partial charge < -0.3 is 10.5 Å². The van der Waals surface area contributed by atoms with E-state index in [1.807, 2.05) is 0 Å². The van der Waals surface area contributed by atoms with Gasteiger partial charge in [-0.1, -0.05) is 0 Å². The number of ketones is 1. The molecular formula is C18H18N2O4. The number of aromatic nitrogens is 1. The highest BCUT2D eigenvalue weighted by atomic mass is 16.5. The summed E-state index contributed by atoms with van der Waals surface area (Å²) < 4.78 is 5.32. The number of nitrogens with two attached hydrogens (primary N) is 1. The van der Waals surface area contributed by atoms with Crippen LogP contribution in [0.5, 0.6) is 5.75 Å². The van der Waals surface area contributed by atoms with Crippen LogP contribution in [0.1, 0.15) is 54.8 Å². The Morgan fingerprint density at radius 3 is 2.04 bits per heavy atom. The molecule has 2 aromatic rings. The van der Waals surface area contributed by atoms with Crippen LogP contribution in [-0.2, 0) is 0 Å². The minimum atomic E-state index is -0.650. The van der Waals surface area contributed by atoms with Crippen molar-refractivity contribution in [1.29, 1.82) is 0 Å². The Kier molecular flexibility index (Phi) is 4.78. The van der Waals surface area contributed by atoms with Gasteiger partial charge in [-0.2, -0.15) is 0 Å². The molecule has 1 amide bonds. The summed E-state index contributed by atoms with van der Waals surface area (Å²) in [5, 5.41) is 0. The first-order valence-corrected chi connectivity index (χ1v) is 7.31. The Morgan fingerprint density at radius 2 is 1.58 bits per heavy atom. The van der Waals surface area contributed by atoms with Crippen molar-refractivity contribution in [2.75, 3.05) is 0 Å². The maximum Gasteiger partial charge on any atom is 0.362 e. The summed E-state index contributed by atoms with van der Waals surface area (Å²) in [6, 6.07) is 4.71. The summed E-state index contributed by atoms with van der Waals surface area (Å²) in [5.41, 5.74) is 8.17. The molecular weight excluding hydrogens is 308 g/mol. The fourth-order valence-corrected chi connectivity index (χ4v) is 2.62. The quantitative estimate of drug-likeness (QED) is 0.529. The third kappa shape index (κ3) is 3.48. The van der Waals surface area contributed by atoms with Crippen LogP contribution in [0.3, 0.4) is 0 Å². The lowest BCUT2D eigenvalue weighted by atomic mass is 9.99. The van der Waals surface area contributed by atoms with E-state index in [0.29, 0.717) is 16.9 Å². The first-order chi connectivity index (χ1) is 11.2. The topological polar surface area (TPSA) is 99.4 Å². The zero-order valence-electron chi connectivity index (χ0n) is 14.0. The normalized spacial score (nSPS) is 10.3. The van der Waals surface area contributed by atoms with Crippen molar-refractivity contribution in [2.24, 2.45) is 5.73 Å². The average molecular weight is 326 g/mol. The second kappa shape index (κ2) is 6.62. The van der Waals surface area contributed by atoms with Crippen molar-refractivity contribution in [1.82, 2.24) is 4.98 Å². The molecule has 6 nitrogen and oxygen atoms in total. The predicted octanol–water partition coefficient (Wildman–Crippen LogP) is 2.53. The Hall–Kier alpha value is -3.02. The molecule has 0 aliphatic carbocycles. The highest BCUT2D eigenvalue weighted by molar-refractivity contribution is 5.98. The van der Waals surface area contributed by atoms with Gasteiger partial charge in [0.2, 0.25) is 0 Å². The van der Waals surface area contributed by atoms with Crippen molar-refractivity contribution >= 4 is 17.7 Å². The summed E-state index contributed by atoms with van der Waals surface area (Å²) >= 11 is 0. The van der Waals surface area contributed by atoms with Crippen LogP contribution in [0.15, 0.2) is 24.4 Å². The van der Waals surface area contributed by atoms with Crippen molar-refractivity contribution in [3.05, 3.63) is 57.9 Å². The van der Waals surface area contributed by atoms with Crippen molar-refractivity contribution in [2.45, 2.75) is 27.7 Å². The van der Waals surface area contributed by atoms with Gasteiger partial charge in [-0.15, -0.1) is 0 Å². The van der Waals surface area contributed by atoms with Gasteiger partial charge in [-0.25, -0.2) is 9.78 Å². The SMILES string of the molecule is CC(=O)c1c(C)cc(OC(=O)c2cc(C)c(C(N)=O)cn2)cc1C. The monoisotopic (exact) mass is 326 g/mol. The first-order valence-electron chi connectivity index (χ1n) is 7.31. The molecule has 1 heterocycles. The number of benzene rings is 1. The number of hydrogen-bond acceptors (Lipinski definition) is 5. The fraction of sp³-hybridized carbons (Fsp3) is 0.222. The fourth-order valence-electron chi connectivity index (χ4n) is 2.62. The molecule has 124 valence electrons. The zero-order valence-corrected chi connectivity index (χ0v) is 14.0. The number of rotatable bonds is 4. The Morgan fingerprint density at radius 1 is 1.00 bits per heavy atom. The van der Waals surface area contributed by atoms with Gasteiger partial charge in [0, 0.05) is 11.8 Å². The number of nitrogens with zero attached hydrogens (tertiary/aromatic N) is 1. The molecule has 0 saturated carbocycles. The highest BCUT2D eigenvalue weighted by Gasteiger charge is 2.16. The van der Waals surface area contributed by atoms with Crippen LogP contribution in [0, 0.1) is 20.8 Å². The van der Waals surface area contributed by atoms with Gasteiger partial charge in [0.15, 0.2) is 5.78 Å². The maximum absolute atomic E-state index is 12.2. The van der Waals surface area contributed by atoms with Gasteiger partial charge >= 0.3 is 5.97 Å². The zero-order chi connectivity index (χ0) is 18.0. The molecule has 0 bridgehead atoms. The van der Waals surface area contributed by atoms with Crippen LogP contribution in [0.2, 0.25) is 0 Å². The van der Waals surface area contributed by atoms with Gasteiger partial charge in [-0.3, -0.25) is 9.59 Å². The molecule has 0 aliphatic heterocycles. The van der Waals surface area contributed by atoms with E-state index in [9.17, 15) is 14.4 Å². The second-order valence-corrected chi connectivity index (χ2v) is 5.63. The lowest BCUT2D eigenvalue weighted by Gasteiger charge is -2.11. The van der Waals surface area contributed by atoms with Crippen LogP contribution >= 0.6 is 0 Å². The molecule has 0 spiro atoms. The lowest BCUT2D eigenvalue weighted by molar-refractivity contribution is 0.0727. The van der Waals surface area contributed by atoms with Crippen molar-refractivity contribution in [3.63, 3.8) is 0 Å². The second-order valence-electron chi connectivity index (χ2n) is 5.63. The van der Waals surface area contributed by atoms with Crippen LogP contribution < -0.4 is 10.5 Å². The predicted molar refractivity (Wildman–Crippen MR) is 88.4 cm³/mol. The number of ether oxygens (including phenoxy) is 1. The number of amides is 1. The van der Waals surface area contributed by atoms with Crippen molar-refractivity contribution < 1.29 is 19.1 Å². The number of aryl methyl sites for hydroxylation is 3. The average Bonchev–Trinajstić information content (AvgIpc) is 2.45. The number of pyridine rings is 1. The van der Waals surface area contributed by atoms with E-state index in [4.69, 9.17) is 10.5 Å². The summed E-state index contributed by atoms with van der Waals surface area (Å²) in [6.45, 7) is 6.72. The molecule has 0 atom stereocenters. The highest BCUT2D eigenvalue weighted by Crippen LogP contribution is 2.23. The van der Waals surface area contributed by atoms with Gasteiger partial charge in [0.05, 0.1) is 5.56 Å². The summed E-state index contributed by atoms with van der Waals surface area (Å²) in [5.74, 6) is -0.963. The third-order valence-corrected chi connectivity index (χ3v) is 3.65. The number of Topliss-reactive ketones (excluding diaryl/α,β-unsaturated/α-hetero) is 1. The Labute approximate surface area is 139 Å². The largest absolute Gasteiger partial charge is 0.422 e. The van der Waals surface area contributed by atoms with Gasteiger partial charge in [0.25, 0.3) is 5.91 Å². The van der Waals surface area contributed by atoms with E-state index >= 15 is 0 Å². The van der Waals surface area contributed by atoms with Crippen LogP contribution in [-0.4, -0.2) is 22.6 Å². The molecule has 0 saturated heterocycles. The Balaban J connectivity index is 2.29.